The lowest BCUT2D eigenvalue weighted by molar-refractivity contribution is -0.115. The number of amides is 1. The second kappa shape index (κ2) is 9.22. The number of pyridine rings is 2. The van der Waals surface area contributed by atoms with Crippen molar-refractivity contribution >= 4 is 23.5 Å². The van der Waals surface area contributed by atoms with E-state index in [1.54, 1.807) is 38.4 Å². The van der Waals surface area contributed by atoms with Gasteiger partial charge in [-0.3, -0.25) is 4.79 Å². The monoisotopic (exact) mass is 404 g/mol. The zero-order chi connectivity index (χ0) is 20.8. The maximum absolute atomic E-state index is 12.6. The molecule has 6 nitrogen and oxygen atoms in total. The molecule has 1 aromatic carbocycles. The minimum atomic E-state index is -0.456. The lowest BCUT2D eigenvalue weighted by atomic mass is 10.1. The maximum atomic E-state index is 12.6. The molecule has 3 rings (SSSR count). The molecule has 2 aromatic heterocycles. The van der Waals surface area contributed by atoms with Gasteiger partial charge < -0.3 is 10.1 Å². The molecule has 1 N–H and O–H groups in total. The van der Waals surface area contributed by atoms with Crippen LogP contribution in [0.4, 0.5) is 5.82 Å². The number of methoxy groups -OCH3 is 1. The van der Waals surface area contributed by atoms with Crippen molar-refractivity contribution in [3.05, 3.63) is 65.9 Å². The second-order valence-corrected chi connectivity index (χ2v) is 7.69. The van der Waals surface area contributed by atoms with Crippen LogP contribution in [0, 0.1) is 18.3 Å². The highest BCUT2D eigenvalue weighted by molar-refractivity contribution is 8.00. The summed E-state index contributed by atoms with van der Waals surface area (Å²) >= 11 is 1.24. The van der Waals surface area contributed by atoms with Crippen LogP contribution in [0.25, 0.3) is 11.3 Å². The van der Waals surface area contributed by atoms with Gasteiger partial charge in [0.05, 0.1) is 23.6 Å². The van der Waals surface area contributed by atoms with E-state index < -0.39 is 5.25 Å². The molecule has 1 unspecified atom stereocenters. The van der Waals surface area contributed by atoms with Crippen LogP contribution in [-0.4, -0.2) is 28.2 Å². The number of aryl methyl sites for hydroxylation is 1. The molecule has 0 spiro atoms. The number of carbonyl (C=O) groups is 1. The number of nitrogens with zero attached hydrogens (tertiary/aromatic N) is 3. The zero-order valence-corrected chi connectivity index (χ0v) is 17.2. The number of hydrogen-bond donors (Lipinski definition) is 1. The summed E-state index contributed by atoms with van der Waals surface area (Å²) in [6.07, 6.45) is 1.65. The first-order chi connectivity index (χ1) is 14.0. The maximum Gasteiger partial charge on any atom is 0.238 e. The van der Waals surface area contributed by atoms with Crippen LogP contribution in [0.5, 0.6) is 5.75 Å². The van der Waals surface area contributed by atoms with E-state index in [2.05, 4.69) is 21.4 Å². The molecule has 0 saturated heterocycles. The molecule has 0 radical (unpaired) electrons. The Balaban J connectivity index is 1.79. The quantitative estimate of drug-likeness (QED) is 0.611. The van der Waals surface area contributed by atoms with E-state index in [0.717, 1.165) is 22.6 Å². The standard InChI is InChI=1S/C22H20N4O2S/c1-14-10-11-24-20(12-14)26-21(27)15(2)29-22-17(13-23)6-9-19(25-22)16-4-7-18(28-3)8-5-16/h4-12,15H,1-3H3,(H,24,26,27). The number of nitriles is 1. The van der Waals surface area contributed by atoms with Crippen molar-refractivity contribution in [2.75, 3.05) is 12.4 Å². The Hall–Kier alpha value is -3.37. The molecule has 3 aromatic rings. The van der Waals surface area contributed by atoms with Crippen molar-refractivity contribution < 1.29 is 9.53 Å². The Kier molecular flexibility index (Phi) is 6.47. The number of nitrogens with one attached hydrogen (secondary N) is 1. The molecule has 1 amide bonds. The van der Waals surface area contributed by atoms with Crippen molar-refractivity contribution in [3.63, 3.8) is 0 Å². The molecule has 0 fully saturated rings. The number of benzene rings is 1. The normalized spacial score (nSPS) is 11.4. The van der Waals surface area contributed by atoms with Gasteiger partial charge in [-0.2, -0.15) is 5.26 Å². The fourth-order valence-corrected chi connectivity index (χ4v) is 3.48. The molecule has 0 aliphatic rings. The van der Waals surface area contributed by atoms with E-state index in [0.29, 0.717) is 16.4 Å². The molecular formula is C22H20N4O2S. The summed E-state index contributed by atoms with van der Waals surface area (Å²) in [4.78, 5) is 21.3. The van der Waals surface area contributed by atoms with Gasteiger partial charge >= 0.3 is 0 Å². The number of ether oxygens (including phenoxy) is 1. The summed E-state index contributed by atoms with van der Waals surface area (Å²) in [5.41, 5.74) is 3.07. The summed E-state index contributed by atoms with van der Waals surface area (Å²) in [7, 11) is 1.61. The molecule has 7 heteroatoms. The van der Waals surface area contributed by atoms with Crippen molar-refractivity contribution in [2.24, 2.45) is 0 Å². The average molecular weight is 404 g/mol. The van der Waals surface area contributed by atoms with Gasteiger partial charge in [-0.1, -0.05) is 11.8 Å². The molecule has 0 aliphatic heterocycles. The molecule has 0 aliphatic carbocycles. The molecule has 0 bridgehead atoms. The summed E-state index contributed by atoms with van der Waals surface area (Å²) in [5.74, 6) is 1.06. The summed E-state index contributed by atoms with van der Waals surface area (Å²) in [6, 6.07) is 16.9. The first-order valence-electron chi connectivity index (χ1n) is 8.96. The summed E-state index contributed by atoms with van der Waals surface area (Å²) in [6.45, 7) is 3.71. The summed E-state index contributed by atoms with van der Waals surface area (Å²) < 4.78 is 5.18. The van der Waals surface area contributed by atoms with Crippen LogP contribution < -0.4 is 10.1 Å². The van der Waals surface area contributed by atoms with Crippen LogP contribution in [0.1, 0.15) is 18.1 Å². The molecule has 0 saturated carbocycles. The minimum Gasteiger partial charge on any atom is -0.497 e. The largest absolute Gasteiger partial charge is 0.497 e. The molecule has 1 atom stereocenters. The third-order valence-corrected chi connectivity index (χ3v) is 5.29. The van der Waals surface area contributed by atoms with E-state index in [1.165, 1.54) is 11.8 Å². The molecule has 29 heavy (non-hydrogen) atoms. The van der Waals surface area contributed by atoms with Gasteiger partial charge in [0, 0.05) is 11.8 Å². The van der Waals surface area contributed by atoms with Crippen molar-refractivity contribution in [3.8, 4) is 23.1 Å². The van der Waals surface area contributed by atoms with Gasteiger partial charge in [0.2, 0.25) is 5.91 Å². The third-order valence-electron chi connectivity index (χ3n) is 4.19. The SMILES string of the molecule is COc1ccc(-c2ccc(C#N)c(SC(C)C(=O)Nc3cc(C)ccn3)n2)cc1. The van der Waals surface area contributed by atoms with E-state index in [1.807, 2.05) is 37.3 Å². The highest BCUT2D eigenvalue weighted by atomic mass is 32.2. The number of anilines is 1. The Morgan fingerprint density at radius 3 is 2.62 bits per heavy atom. The Morgan fingerprint density at radius 1 is 1.21 bits per heavy atom. The van der Waals surface area contributed by atoms with Crippen LogP contribution in [-0.2, 0) is 4.79 Å². The molecule has 146 valence electrons. The second-order valence-electron chi connectivity index (χ2n) is 6.36. The van der Waals surface area contributed by atoms with Crippen LogP contribution in [0.3, 0.4) is 0 Å². The predicted octanol–water partition coefficient (Wildman–Crippen LogP) is 4.45. The zero-order valence-electron chi connectivity index (χ0n) is 16.3. The number of rotatable bonds is 6. The van der Waals surface area contributed by atoms with Gasteiger partial charge in [0.25, 0.3) is 0 Å². The Bertz CT molecular complexity index is 1060. The third kappa shape index (κ3) is 5.12. The van der Waals surface area contributed by atoms with Crippen LogP contribution in [0.2, 0.25) is 0 Å². The van der Waals surface area contributed by atoms with Gasteiger partial charge in [-0.05, 0) is 67.9 Å². The average Bonchev–Trinajstić information content (AvgIpc) is 2.73. The highest BCUT2D eigenvalue weighted by Gasteiger charge is 2.19. The number of carbonyl (C=O) groups excluding carboxylic acids is 1. The van der Waals surface area contributed by atoms with Gasteiger partial charge in [-0.15, -0.1) is 0 Å². The first kappa shape index (κ1) is 20.4. The highest BCUT2D eigenvalue weighted by Crippen LogP contribution is 2.29. The van der Waals surface area contributed by atoms with E-state index in [-0.39, 0.29) is 5.91 Å². The van der Waals surface area contributed by atoms with Crippen molar-refractivity contribution in [2.45, 2.75) is 24.1 Å². The Labute approximate surface area is 174 Å². The van der Waals surface area contributed by atoms with Gasteiger partial charge in [0.1, 0.15) is 22.7 Å². The lowest BCUT2D eigenvalue weighted by Gasteiger charge is -2.13. The van der Waals surface area contributed by atoms with E-state index in [4.69, 9.17) is 4.74 Å². The number of aromatic nitrogens is 2. The first-order valence-corrected chi connectivity index (χ1v) is 9.84. The van der Waals surface area contributed by atoms with Crippen molar-refractivity contribution in [1.29, 1.82) is 5.26 Å². The van der Waals surface area contributed by atoms with Gasteiger partial charge in [0.15, 0.2) is 0 Å². The minimum absolute atomic E-state index is 0.200. The molecule has 2 heterocycles. The van der Waals surface area contributed by atoms with Crippen molar-refractivity contribution in [1.82, 2.24) is 9.97 Å². The fourth-order valence-electron chi connectivity index (χ4n) is 2.59. The van der Waals surface area contributed by atoms with Crippen LogP contribution in [0.15, 0.2) is 59.8 Å². The smallest absolute Gasteiger partial charge is 0.238 e. The Morgan fingerprint density at radius 2 is 1.97 bits per heavy atom. The molecular weight excluding hydrogens is 384 g/mol. The fraction of sp³-hybridized carbons (Fsp3) is 0.182. The number of thioether (sulfide) groups is 1. The number of hydrogen-bond acceptors (Lipinski definition) is 6. The predicted molar refractivity (Wildman–Crippen MR) is 114 cm³/mol. The van der Waals surface area contributed by atoms with E-state index >= 15 is 0 Å². The lowest BCUT2D eigenvalue weighted by Crippen LogP contribution is -2.23. The topological polar surface area (TPSA) is 87.9 Å². The van der Waals surface area contributed by atoms with Crippen LogP contribution >= 0.6 is 11.8 Å². The van der Waals surface area contributed by atoms with E-state index in [9.17, 15) is 10.1 Å². The van der Waals surface area contributed by atoms with Gasteiger partial charge in [-0.25, -0.2) is 9.97 Å². The summed E-state index contributed by atoms with van der Waals surface area (Å²) in [5, 5.41) is 12.3.